The molecule has 0 saturated carbocycles. The average Bonchev–Trinajstić information content (AvgIpc) is 2.65. The molecule has 2 N–H and O–H groups in total. The van der Waals surface area contributed by atoms with Crippen molar-refractivity contribution < 1.29 is 4.74 Å². The minimum atomic E-state index is -0.383. The van der Waals surface area contributed by atoms with Crippen LogP contribution in [0.25, 0.3) is 0 Å². The number of hydrogen-bond donors (Lipinski definition) is 1. The van der Waals surface area contributed by atoms with Gasteiger partial charge in [-0.25, -0.2) is 4.98 Å². The monoisotopic (exact) mass is 225 g/mol. The van der Waals surface area contributed by atoms with Crippen LogP contribution in [0.3, 0.4) is 0 Å². The normalized spacial score (nSPS) is 14.1. The van der Waals surface area contributed by atoms with E-state index in [0.717, 1.165) is 18.8 Å². The summed E-state index contributed by atoms with van der Waals surface area (Å²) >= 11 is 0. The molecular formula is C12H23N3O. The first-order valence-electron chi connectivity index (χ1n) is 5.93. The fraction of sp³-hybridized carbons (Fsp3) is 0.750. The van der Waals surface area contributed by atoms with Gasteiger partial charge in [0.2, 0.25) is 0 Å². The van der Waals surface area contributed by atoms with Crippen LogP contribution < -0.4 is 5.73 Å². The lowest BCUT2D eigenvalue weighted by Gasteiger charge is -2.31. The third-order valence-corrected chi connectivity index (χ3v) is 2.76. The predicted octanol–water partition coefficient (Wildman–Crippen LogP) is 2.11. The lowest BCUT2D eigenvalue weighted by Crippen LogP contribution is -2.39. The van der Waals surface area contributed by atoms with Crippen molar-refractivity contribution in [1.82, 2.24) is 9.55 Å². The van der Waals surface area contributed by atoms with Crippen LogP contribution in [0, 0.1) is 0 Å². The number of nitrogens with two attached hydrogens (primary N) is 1. The van der Waals surface area contributed by atoms with E-state index in [9.17, 15) is 0 Å². The molecule has 0 aliphatic rings. The predicted molar refractivity (Wildman–Crippen MR) is 65.2 cm³/mol. The van der Waals surface area contributed by atoms with Crippen molar-refractivity contribution >= 4 is 0 Å². The molecule has 0 aromatic carbocycles. The van der Waals surface area contributed by atoms with Crippen LogP contribution in [-0.2, 0) is 11.3 Å². The molecule has 1 aromatic rings. The molecule has 1 atom stereocenters. The van der Waals surface area contributed by atoms with Crippen LogP contribution in [0.2, 0.25) is 0 Å². The lowest BCUT2D eigenvalue weighted by atomic mass is 9.98. The fourth-order valence-electron chi connectivity index (χ4n) is 1.80. The molecule has 0 bridgehead atoms. The molecule has 92 valence electrons. The van der Waals surface area contributed by atoms with Crippen LogP contribution in [0.5, 0.6) is 0 Å². The summed E-state index contributed by atoms with van der Waals surface area (Å²) in [6.07, 6.45) is 4.85. The first kappa shape index (κ1) is 13.2. The first-order chi connectivity index (χ1) is 7.53. The minimum Gasteiger partial charge on any atom is -0.374 e. The molecular weight excluding hydrogens is 202 g/mol. The summed E-state index contributed by atoms with van der Waals surface area (Å²) in [7, 11) is 0. The Bertz CT molecular complexity index is 320. The number of hydrogen-bond acceptors (Lipinski definition) is 3. The Hall–Kier alpha value is -0.870. The van der Waals surface area contributed by atoms with Crippen molar-refractivity contribution in [2.45, 2.75) is 52.3 Å². The van der Waals surface area contributed by atoms with E-state index >= 15 is 0 Å². The molecule has 16 heavy (non-hydrogen) atoms. The molecule has 0 radical (unpaired) electrons. The maximum atomic E-state index is 6.23. The van der Waals surface area contributed by atoms with Crippen molar-refractivity contribution in [1.29, 1.82) is 0 Å². The average molecular weight is 225 g/mol. The van der Waals surface area contributed by atoms with E-state index in [1.54, 1.807) is 6.20 Å². The molecule has 0 aliphatic carbocycles. The molecule has 1 unspecified atom stereocenters. The highest BCUT2D eigenvalue weighted by atomic mass is 16.5. The molecule has 4 heteroatoms. The van der Waals surface area contributed by atoms with E-state index in [4.69, 9.17) is 10.5 Å². The zero-order valence-corrected chi connectivity index (χ0v) is 10.7. The smallest absolute Gasteiger partial charge is 0.128 e. The van der Waals surface area contributed by atoms with E-state index in [1.807, 2.05) is 27.0 Å². The second kappa shape index (κ2) is 5.46. The van der Waals surface area contributed by atoms with Crippen LogP contribution in [0.1, 0.15) is 46.0 Å². The van der Waals surface area contributed by atoms with Gasteiger partial charge in [0.15, 0.2) is 0 Å². The van der Waals surface area contributed by atoms with Crippen molar-refractivity contribution in [3.05, 3.63) is 18.2 Å². The van der Waals surface area contributed by atoms with Crippen LogP contribution in [0.15, 0.2) is 12.4 Å². The molecule has 0 spiro atoms. The second-order valence-electron chi connectivity index (χ2n) is 4.49. The topological polar surface area (TPSA) is 53.1 Å². The summed E-state index contributed by atoms with van der Waals surface area (Å²) in [6, 6.07) is -0.200. The first-order valence-corrected chi connectivity index (χ1v) is 5.93. The standard InChI is InChI=1S/C12H23N3O/c1-5-8-15-9-7-14-11(15)10(13)12(3,4)16-6-2/h7,9-10H,5-6,8,13H2,1-4H3. The summed E-state index contributed by atoms with van der Waals surface area (Å²) in [5.41, 5.74) is 5.84. The molecule has 0 saturated heterocycles. The summed E-state index contributed by atoms with van der Waals surface area (Å²) < 4.78 is 7.77. The van der Waals surface area contributed by atoms with Crippen LogP contribution in [-0.4, -0.2) is 21.8 Å². The largest absolute Gasteiger partial charge is 0.374 e. The number of aryl methyl sites for hydroxylation is 1. The van der Waals surface area contributed by atoms with Crippen molar-refractivity contribution in [3.63, 3.8) is 0 Å². The van der Waals surface area contributed by atoms with Gasteiger partial charge in [-0.05, 0) is 27.2 Å². The SMILES string of the molecule is CCCn1ccnc1C(N)C(C)(C)OCC. The zero-order valence-electron chi connectivity index (χ0n) is 10.7. The van der Waals surface area contributed by atoms with E-state index in [1.165, 1.54) is 0 Å². The maximum absolute atomic E-state index is 6.23. The van der Waals surface area contributed by atoms with Crippen LogP contribution in [0.4, 0.5) is 0 Å². The number of nitrogens with zero attached hydrogens (tertiary/aromatic N) is 2. The van der Waals surface area contributed by atoms with Gasteiger partial charge < -0.3 is 15.0 Å². The second-order valence-corrected chi connectivity index (χ2v) is 4.49. The van der Waals surface area contributed by atoms with Gasteiger partial charge in [0, 0.05) is 25.5 Å². The highest BCUT2D eigenvalue weighted by Gasteiger charge is 2.31. The number of imidazole rings is 1. The summed E-state index contributed by atoms with van der Waals surface area (Å²) in [5, 5.41) is 0. The van der Waals surface area contributed by atoms with Crippen molar-refractivity contribution in [3.8, 4) is 0 Å². The highest BCUT2D eigenvalue weighted by molar-refractivity contribution is 5.04. The number of aromatic nitrogens is 2. The Balaban J connectivity index is 2.86. The Morgan fingerprint density at radius 1 is 1.50 bits per heavy atom. The Morgan fingerprint density at radius 3 is 2.75 bits per heavy atom. The molecule has 0 aliphatic heterocycles. The van der Waals surface area contributed by atoms with Gasteiger partial charge in [0.1, 0.15) is 5.82 Å². The van der Waals surface area contributed by atoms with Crippen LogP contribution >= 0.6 is 0 Å². The van der Waals surface area contributed by atoms with Crippen molar-refractivity contribution in [2.24, 2.45) is 5.73 Å². The van der Waals surface area contributed by atoms with E-state index in [-0.39, 0.29) is 11.6 Å². The third kappa shape index (κ3) is 2.83. The molecule has 1 heterocycles. The molecule has 1 aromatic heterocycles. The maximum Gasteiger partial charge on any atom is 0.128 e. The fourth-order valence-corrected chi connectivity index (χ4v) is 1.80. The van der Waals surface area contributed by atoms with Gasteiger partial charge in [0.05, 0.1) is 11.6 Å². The van der Waals surface area contributed by atoms with Gasteiger partial charge in [-0.3, -0.25) is 0 Å². The molecule has 1 rings (SSSR count). The third-order valence-electron chi connectivity index (χ3n) is 2.76. The van der Waals surface area contributed by atoms with Gasteiger partial charge in [0.25, 0.3) is 0 Å². The quantitative estimate of drug-likeness (QED) is 0.806. The zero-order chi connectivity index (χ0) is 12.2. The molecule has 0 amide bonds. The van der Waals surface area contributed by atoms with Gasteiger partial charge in [-0.1, -0.05) is 6.92 Å². The highest BCUT2D eigenvalue weighted by Crippen LogP contribution is 2.25. The summed E-state index contributed by atoms with van der Waals surface area (Å²) in [6.45, 7) is 9.74. The van der Waals surface area contributed by atoms with E-state index in [0.29, 0.717) is 6.61 Å². The lowest BCUT2D eigenvalue weighted by molar-refractivity contribution is -0.0323. The summed E-state index contributed by atoms with van der Waals surface area (Å²) in [4.78, 5) is 4.34. The van der Waals surface area contributed by atoms with E-state index in [2.05, 4.69) is 16.5 Å². The van der Waals surface area contributed by atoms with Gasteiger partial charge in [-0.2, -0.15) is 0 Å². The molecule has 4 nitrogen and oxygen atoms in total. The Labute approximate surface area is 97.8 Å². The van der Waals surface area contributed by atoms with Gasteiger partial charge in [-0.15, -0.1) is 0 Å². The van der Waals surface area contributed by atoms with E-state index < -0.39 is 0 Å². The number of rotatable bonds is 6. The summed E-state index contributed by atoms with van der Waals surface area (Å²) in [5.74, 6) is 0.903. The Morgan fingerprint density at radius 2 is 2.19 bits per heavy atom. The number of ether oxygens (including phenoxy) is 1. The molecule has 0 fully saturated rings. The van der Waals surface area contributed by atoms with Gasteiger partial charge >= 0.3 is 0 Å². The Kier molecular flexibility index (Phi) is 4.50. The minimum absolute atomic E-state index is 0.200. The van der Waals surface area contributed by atoms with Crippen molar-refractivity contribution in [2.75, 3.05) is 6.61 Å².